The minimum absolute atomic E-state index is 0.0878. The highest BCUT2D eigenvalue weighted by Crippen LogP contribution is 2.25. The first-order valence-corrected chi connectivity index (χ1v) is 10.4. The fourth-order valence-corrected chi connectivity index (χ4v) is 4.10. The Morgan fingerprint density at radius 3 is 2.47 bits per heavy atom. The standard InChI is InChI=1S/C23H26N4O3/c28-21(11-6-14-24-22(29)17-7-2-1-3-8-17)26-15-12-18(13-16-26)27-20-10-5-4-9-19(20)25-23(27)30/h1-5,7-10,18H,6,11-16H2,(H,24,29)(H,25,30). The second-order valence-corrected chi connectivity index (χ2v) is 7.65. The van der Waals surface area contributed by atoms with Gasteiger partial charge in [0.25, 0.3) is 5.91 Å². The van der Waals surface area contributed by atoms with Crippen LogP contribution in [0.2, 0.25) is 0 Å². The maximum atomic E-state index is 12.5. The third kappa shape index (κ3) is 4.30. The van der Waals surface area contributed by atoms with Crippen LogP contribution in [0.4, 0.5) is 0 Å². The lowest BCUT2D eigenvalue weighted by Crippen LogP contribution is -2.40. The zero-order valence-corrected chi connectivity index (χ0v) is 16.8. The van der Waals surface area contributed by atoms with Gasteiger partial charge in [-0.15, -0.1) is 0 Å². The number of benzene rings is 2. The van der Waals surface area contributed by atoms with Crippen molar-refractivity contribution in [1.82, 2.24) is 19.8 Å². The molecule has 156 valence electrons. The van der Waals surface area contributed by atoms with E-state index < -0.39 is 0 Å². The first kappa shape index (κ1) is 19.9. The maximum Gasteiger partial charge on any atom is 0.326 e. The number of aromatic amines is 1. The summed E-state index contributed by atoms with van der Waals surface area (Å²) in [4.78, 5) is 41.7. The van der Waals surface area contributed by atoms with Crippen molar-refractivity contribution in [3.8, 4) is 0 Å². The van der Waals surface area contributed by atoms with Crippen LogP contribution in [0.3, 0.4) is 0 Å². The molecule has 1 aliphatic rings. The van der Waals surface area contributed by atoms with Gasteiger partial charge in [0.2, 0.25) is 5.91 Å². The predicted octanol–water partition coefficient (Wildman–Crippen LogP) is 2.70. The van der Waals surface area contributed by atoms with E-state index in [0.717, 1.165) is 23.9 Å². The summed E-state index contributed by atoms with van der Waals surface area (Å²) in [7, 11) is 0. The molecule has 2 N–H and O–H groups in total. The molecule has 0 aliphatic carbocycles. The average Bonchev–Trinajstić information content (AvgIpc) is 3.12. The van der Waals surface area contributed by atoms with Gasteiger partial charge < -0.3 is 15.2 Å². The Kier molecular flexibility index (Phi) is 5.97. The van der Waals surface area contributed by atoms with Crippen molar-refractivity contribution in [2.75, 3.05) is 19.6 Å². The third-order valence-corrected chi connectivity index (χ3v) is 5.70. The molecule has 3 aromatic rings. The summed E-state index contributed by atoms with van der Waals surface area (Å²) >= 11 is 0. The van der Waals surface area contributed by atoms with E-state index in [1.54, 1.807) is 12.1 Å². The number of carbonyl (C=O) groups is 2. The largest absolute Gasteiger partial charge is 0.352 e. The molecule has 4 rings (SSSR count). The molecule has 7 nitrogen and oxygen atoms in total. The molecule has 30 heavy (non-hydrogen) atoms. The van der Waals surface area contributed by atoms with Gasteiger partial charge in [-0.05, 0) is 43.5 Å². The highest BCUT2D eigenvalue weighted by molar-refractivity contribution is 5.94. The lowest BCUT2D eigenvalue weighted by Gasteiger charge is -2.32. The molecule has 2 amide bonds. The normalized spacial score (nSPS) is 14.7. The molecule has 0 radical (unpaired) electrons. The Bertz CT molecular complexity index is 1080. The molecule has 1 aromatic heterocycles. The molecule has 1 aliphatic heterocycles. The van der Waals surface area contributed by atoms with Crippen molar-refractivity contribution in [2.24, 2.45) is 0 Å². The van der Waals surface area contributed by atoms with E-state index in [1.807, 2.05) is 51.9 Å². The number of rotatable bonds is 6. The van der Waals surface area contributed by atoms with Gasteiger partial charge in [0.05, 0.1) is 11.0 Å². The topological polar surface area (TPSA) is 87.2 Å². The summed E-state index contributed by atoms with van der Waals surface area (Å²) in [6, 6.07) is 16.9. The molecule has 0 atom stereocenters. The average molecular weight is 406 g/mol. The number of nitrogens with zero attached hydrogens (tertiary/aromatic N) is 2. The smallest absolute Gasteiger partial charge is 0.326 e. The quantitative estimate of drug-likeness (QED) is 0.617. The minimum atomic E-state index is -0.118. The number of fused-ring (bicyclic) bond motifs is 1. The van der Waals surface area contributed by atoms with Gasteiger partial charge in [0.1, 0.15) is 0 Å². The van der Waals surface area contributed by atoms with Crippen LogP contribution in [0.15, 0.2) is 59.4 Å². The van der Waals surface area contributed by atoms with Crippen LogP contribution in [0.5, 0.6) is 0 Å². The number of piperidine rings is 1. The van der Waals surface area contributed by atoms with Crippen LogP contribution in [0.25, 0.3) is 11.0 Å². The van der Waals surface area contributed by atoms with Crippen LogP contribution in [0, 0.1) is 0 Å². The number of aromatic nitrogens is 2. The number of nitrogens with one attached hydrogen (secondary N) is 2. The van der Waals surface area contributed by atoms with Gasteiger partial charge >= 0.3 is 5.69 Å². The zero-order valence-electron chi connectivity index (χ0n) is 16.8. The van der Waals surface area contributed by atoms with E-state index in [0.29, 0.717) is 38.0 Å². The molecular weight excluding hydrogens is 380 g/mol. The highest BCUT2D eigenvalue weighted by atomic mass is 16.2. The molecule has 2 heterocycles. The SMILES string of the molecule is O=C(NCCCC(=O)N1CCC(n2c(=O)[nH]c3ccccc32)CC1)c1ccccc1. The van der Waals surface area contributed by atoms with Gasteiger partial charge in [-0.3, -0.25) is 14.2 Å². The van der Waals surface area contributed by atoms with Crippen LogP contribution >= 0.6 is 0 Å². The highest BCUT2D eigenvalue weighted by Gasteiger charge is 2.25. The van der Waals surface area contributed by atoms with Crippen molar-refractivity contribution in [2.45, 2.75) is 31.7 Å². The Balaban J connectivity index is 1.24. The second kappa shape index (κ2) is 8.98. The molecular formula is C23H26N4O3. The number of hydrogen-bond acceptors (Lipinski definition) is 3. The summed E-state index contributed by atoms with van der Waals surface area (Å²) < 4.78 is 1.83. The molecule has 0 bridgehead atoms. The number of amides is 2. The molecule has 0 saturated carbocycles. The molecule has 2 aromatic carbocycles. The first-order valence-electron chi connectivity index (χ1n) is 10.4. The lowest BCUT2D eigenvalue weighted by atomic mass is 10.0. The van der Waals surface area contributed by atoms with Crippen molar-refractivity contribution in [3.05, 3.63) is 70.6 Å². The Morgan fingerprint density at radius 2 is 1.70 bits per heavy atom. The van der Waals surface area contributed by atoms with E-state index in [2.05, 4.69) is 10.3 Å². The third-order valence-electron chi connectivity index (χ3n) is 5.70. The molecule has 1 fully saturated rings. The molecule has 1 saturated heterocycles. The fourth-order valence-electron chi connectivity index (χ4n) is 4.10. The number of carbonyl (C=O) groups excluding carboxylic acids is 2. The number of hydrogen-bond donors (Lipinski definition) is 2. The monoisotopic (exact) mass is 406 g/mol. The minimum Gasteiger partial charge on any atom is -0.352 e. The second-order valence-electron chi connectivity index (χ2n) is 7.65. The van der Waals surface area contributed by atoms with Crippen LogP contribution in [-0.2, 0) is 4.79 Å². The van der Waals surface area contributed by atoms with E-state index in [1.165, 1.54) is 0 Å². The lowest BCUT2D eigenvalue weighted by molar-refractivity contribution is -0.132. The number of imidazole rings is 1. The number of para-hydroxylation sites is 2. The van der Waals surface area contributed by atoms with Crippen LogP contribution in [0.1, 0.15) is 42.1 Å². The van der Waals surface area contributed by atoms with Crippen molar-refractivity contribution < 1.29 is 9.59 Å². The summed E-state index contributed by atoms with van der Waals surface area (Å²) in [6.07, 6.45) is 2.54. The first-order chi connectivity index (χ1) is 14.6. The van der Waals surface area contributed by atoms with E-state index in [9.17, 15) is 14.4 Å². The van der Waals surface area contributed by atoms with Crippen LogP contribution in [-0.4, -0.2) is 45.9 Å². The van der Waals surface area contributed by atoms with Gasteiger partial charge in [-0.2, -0.15) is 0 Å². The van der Waals surface area contributed by atoms with E-state index >= 15 is 0 Å². The van der Waals surface area contributed by atoms with Crippen LogP contribution < -0.4 is 11.0 Å². The summed E-state index contributed by atoms with van der Waals surface area (Å²) in [5.74, 6) is -0.0123. The van der Waals surface area contributed by atoms with E-state index in [4.69, 9.17) is 0 Å². The Morgan fingerprint density at radius 1 is 1.00 bits per heavy atom. The fraction of sp³-hybridized carbons (Fsp3) is 0.348. The summed E-state index contributed by atoms with van der Waals surface area (Å²) in [5, 5.41) is 2.85. The Labute approximate surface area is 174 Å². The molecule has 0 unspecified atom stereocenters. The zero-order chi connectivity index (χ0) is 20.9. The van der Waals surface area contributed by atoms with Gasteiger partial charge in [0.15, 0.2) is 0 Å². The molecule has 0 spiro atoms. The Hall–Kier alpha value is -3.35. The van der Waals surface area contributed by atoms with Gasteiger partial charge in [0, 0.05) is 37.7 Å². The molecule has 7 heteroatoms. The van der Waals surface area contributed by atoms with Crippen molar-refractivity contribution >= 4 is 22.8 Å². The summed E-state index contributed by atoms with van der Waals surface area (Å²) in [5.41, 5.74) is 2.30. The van der Waals surface area contributed by atoms with Crippen molar-refractivity contribution in [1.29, 1.82) is 0 Å². The number of likely N-dealkylation sites (tertiary alicyclic amines) is 1. The predicted molar refractivity (Wildman–Crippen MR) is 115 cm³/mol. The summed E-state index contributed by atoms with van der Waals surface area (Å²) in [6.45, 7) is 1.76. The van der Waals surface area contributed by atoms with Gasteiger partial charge in [-0.1, -0.05) is 30.3 Å². The van der Waals surface area contributed by atoms with Crippen molar-refractivity contribution in [3.63, 3.8) is 0 Å². The maximum absolute atomic E-state index is 12.5. The van der Waals surface area contributed by atoms with Gasteiger partial charge in [-0.25, -0.2) is 4.79 Å². The van der Waals surface area contributed by atoms with E-state index in [-0.39, 0.29) is 23.5 Å². The number of H-pyrrole nitrogens is 1.